The fourth-order valence-electron chi connectivity index (χ4n) is 4.80. The largest absolute Gasteiger partial charge is 0.463 e. The molecule has 12 heteroatoms. The summed E-state index contributed by atoms with van der Waals surface area (Å²) in [6, 6.07) is 10.1. The van der Waals surface area contributed by atoms with Crippen molar-refractivity contribution < 1.29 is 23.9 Å². The van der Waals surface area contributed by atoms with Crippen LogP contribution in [-0.4, -0.2) is 64.2 Å². The number of H-pyrrole nitrogens is 1. The fraction of sp³-hybridized carbons (Fsp3) is 0.438. The Labute approximate surface area is 267 Å². The zero-order chi connectivity index (χ0) is 32.0. The summed E-state index contributed by atoms with van der Waals surface area (Å²) in [4.78, 5) is 47.7. The van der Waals surface area contributed by atoms with Crippen molar-refractivity contribution in [3.8, 4) is 11.1 Å². The van der Waals surface area contributed by atoms with Gasteiger partial charge in [-0.2, -0.15) is 0 Å². The molecular weight excluding hydrogens is 605 g/mol. The highest BCUT2D eigenvalue weighted by atomic mass is 35.5. The van der Waals surface area contributed by atoms with Crippen molar-refractivity contribution >= 4 is 47.0 Å². The highest BCUT2D eigenvalue weighted by molar-refractivity contribution is 6.33. The molecule has 0 aliphatic carbocycles. The third-order valence-corrected chi connectivity index (χ3v) is 7.50. The van der Waals surface area contributed by atoms with E-state index in [1.165, 1.54) is 0 Å². The monoisotopic (exact) mass is 643 g/mol. The number of piperidine rings is 1. The number of likely N-dealkylation sites (tertiary alicyclic amines) is 1. The number of ether oxygens (including phenoxy) is 2. The summed E-state index contributed by atoms with van der Waals surface area (Å²) in [5.74, 6) is -0.468. The van der Waals surface area contributed by atoms with E-state index >= 15 is 0 Å². The van der Waals surface area contributed by atoms with Gasteiger partial charge in [0, 0.05) is 47.7 Å². The van der Waals surface area contributed by atoms with Crippen molar-refractivity contribution in [3.05, 3.63) is 70.1 Å². The van der Waals surface area contributed by atoms with Crippen LogP contribution in [0.15, 0.2) is 48.8 Å². The molecule has 1 saturated heterocycles. The summed E-state index contributed by atoms with van der Waals surface area (Å²) in [6.07, 6.45) is 3.80. The zero-order valence-electron chi connectivity index (χ0n) is 25.6. The lowest BCUT2D eigenvalue weighted by Gasteiger charge is -2.32. The van der Waals surface area contributed by atoms with Crippen LogP contribution < -0.4 is 10.6 Å². The first-order valence-corrected chi connectivity index (χ1v) is 15.4. The summed E-state index contributed by atoms with van der Waals surface area (Å²) in [7, 11) is 0. The number of carbonyl (C=O) groups excluding carboxylic acids is 3. The molecule has 4 rings (SSSR count). The van der Waals surface area contributed by atoms with Gasteiger partial charge in [0.25, 0.3) is 5.91 Å². The Balaban J connectivity index is 1.41. The number of pyridine rings is 1. The Bertz CT molecular complexity index is 1480. The number of hydrogen-bond donors (Lipinski definition) is 3. The quantitative estimate of drug-likeness (QED) is 0.217. The van der Waals surface area contributed by atoms with Gasteiger partial charge in [-0.3, -0.25) is 9.59 Å². The van der Waals surface area contributed by atoms with Gasteiger partial charge in [-0.05, 0) is 77.3 Å². The van der Waals surface area contributed by atoms with E-state index in [2.05, 4.69) is 20.6 Å². The molecule has 1 unspecified atom stereocenters. The van der Waals surface area contributed by atoms with Crippen LogP contribution >= 0.6 is 23.2 Å². The highest BCUT2D eigenvalue weighted by Crippen LogP contribution is 2.30. The Morgan fingerprint density at radius 3 is 2.50 bits per heavy atom. The van der Waals surface area contributed by atoms with E-state index < -0.39 is 17.6 Å². The lowest BCUT2D eigenvalue weighted by Crippen LogP contribution is -2.43. The topological polar surface area (TPSA) is 126 Å². The van der Waals surface area contributed by atoms with Crippen molar-refractivity contribution in [2.75, 3.05) is 25.0 Å². The number of aromatic amines is 1. The Morgan fingerprint density at radius 2 is 1.84 bits per heavy atom. The van der Waals surface area contributed by atoms with Gasteiger partial charge in [0.2, 0.25) is 0 Å². The smallest absolute Gasteiger partial charge is 0.410 e. The second-order valence-electron chi connectivity index (χ2n) is 12.1. The molecule has 2 aromatic heterocycles. The molecule has 10 nitrogen and oxygen atoms in total. The van der Waals surface area contributed by atoms with Gasteiger partial charge in [0.15, 0.2) is 0 Å². The van der Waals surface area contributed by atoms with Gasteiger partial charge in [-0.1, -0.05) is 35.3 Å². The lowest BCUT2D eigenvalue weighted by atomic mass is 9.97. The van der Waals surface area contributed by atoms with Gasteiger partial charge in [0.05, 0.1) is 17.0 Å². The van der Waals surface area contributed by atoms with E-state index in [-0.39, 0.29) is 30.6 Å². The van der Waals surface area contributed by atoms with E-state index in [1.54, 1.807) is 41.6 Å². The predicted octanol–water partition coefficient (Wildman–Crippen LogP) is 6.87. The molecule has 3 aromatic rings. The third-order valence-electron chi connectivity index (χ3n) is 6.96. The van der Waals surface area contributed by atoms with Crippen LogP contribution in [0.4, 0.5) is 10.6 Å². The predicted molar refractivity (Wildman–Crippen MR) is 171 cm³/mol. The molecule has 3 N–H and O–H groups in total. The maximum absolute atomic E-state index is 13.4. The molecule has 236 valence electrons. The molecular formula is C32H39Cl2N5O5. The average Bonchev–Trinajstić information content (AvgIpc) is 3.45. The van der Waals surface area contributed by atoms with Crippen LogP contribution in [0.25, 0.3) is 11.1 Å². The molecule has 0 radical (unpaired) electrons. The number of carbonyl (C=O) groups is 3. The average molecular weight is 645 g/mol. The van der Waals surface area contributed by atoms with E-state index in [0.717, 1.165) is 11.1 Å². The number of nitrogens with one attached hydrogen (secondary N) is 3. The number of benzene rings is 1. The van der Waals surface area contributed by atoms with E-state index in [9.17, 15) is 14.4 Å². The van der Waals surface area contributed by atoms with Crippen molar-refractivity contribution in [2.24, 2.45) is 5.92 Å². The standard InChI is InChI=1S/C32H39Cl2N5O5/c1-19(2)37-28-15-24(25(34)17-36-28)22-14-26(35-16-22)29(40)38-27(21-7-6-8-23(33)13-21)18-43-30(41)20-9-11-39(12-10-20)31(42)44-32(3,4)5/h6-8,13-17,19-20,27,35H,9-12,18H2,1-5H3,(H,36,37)(H,38,40). The van der Waals surface area contributed by atoms with Crippen molar-refractivity contribution in [3.63, 3.8) is 0 Å². The molecule has 0 spiro atoms. The van der Waals surface area contributed by atoms with Crippen LogP contribution in [0.5, 0.6) is 0 Å². The Hall–Kier alpha value is -3.76. The molecule has 44 heavy (non-hydrogen) atoms. The Kier molecular flexibility index (Phi) is 10.8. The van der Waals surface area contributed by atoms with Gasteiger partial charge in [0.1, 0.15) is 23.7 Å². The zero-order valence-corrected chi connectivity index (χ0v) is 27.1. The summed E-state index contributed by atoms with van der Waals surface area (Å²) in [5, 5.41) is 7.15. The molecule has 3 heterocycles. The van der Waals surface area contributed by atoms with Crippen LogP contribution in [0.1, 0.15) is 69.6 Å². The summed E-state index contributed by atoms with van der Waals surface area (Å²) < 4.78 is 11.2. The minimum Gasteiger partial charge on any atom is -0.463 e. The number of aromatic nitrogens is 2. The summed E-state index contributed by atoms with van der Waals surface area (Å²) in [6.45, 7) is 10.2. The third kappa shape index (κ3) is 9.12. The number of hydrogen-bond acceptors (Lipinski definition) is 7. The van der Waals surface area contributed by atoms with Crippen molar-refractivity contribution in [2.45, 2.75) is 65.1 Å². The number of anilines is 1. The van der Waals surface area contributed by atoms with Crippen LogP contribution in [0.3, 0.4) is 0 Å². The number of halogens is 2. The summed E-state index contributed by atoms with van der Waals surface area (Å²) >= 11 is 12.7. The first-order chi connectivity index (χ1) is 20.8. The van der Waals surface area contributed by atoms with Crippen LogP contribution in [0, 0.1) is 5.92 Å². The van der Waals surface area contributed by atoms with Gasteiger partial charge in [-0.15, -0.1) is 0 Å². The van der Waals surface area contributed by atoms with Crippen molar-refractivity contribution in [1.82, 2.24) is 20.2 Å². The van der Waals surface area contributed by atoms with E-state index in [4.69, 9.17) is 32.7 Å². The highest BCUT2D eigenvalue weighted by Gasteiger charge is 2.31. The van der Waals surface area contributed by atoms with Gasteiger partial charge < -0.3 is 30.0 Å². The summed E-state index contributed by atoms with van der Waals surface area (Å²) in [5.41, 5.74) is 1.84. The second-order valence-corrected chi connectivity index (χ2v) is 12.9. The number of esters is 1. The Morgan fingerprint density at radius 1 is 1.11 bits per heavy atom. The molecule has 1 aliphatic heterocycles. The van der Waals surface area contributed by atoms with Gasteiger partial charge >= 0.3 is 12.1 Å². The molecule has 1 aromatic carbocycles. The normalized spacial score (nSPS) is 14.7. The maximum atomic E-state index is 13.4. The minimum atomic E-state index is -0.662. The molecule has 0 saturated carbocycles. The number of amides is 2. The lowest BCUT2D eigenvalue weighted by molar-refractivity contribution is -0.151. The first kappa shape index (κ1) is 33.1. The SMILES string of the molecule is CC(C)Nc1cc(-c2c[nH]c(C(=O)NC(COC(=O)C3CCN(C(=O)OC(C)(C)C)CC3)c3cccc(Cl)c3)c2)c(Cl)cn1. The van der Waals surface area contributed by atoms with Crippen LogP contribution in [0.2, 0.25) is 10.0 Å². The van der Waals surface area contributed by atoms with E-state index in [1.807, 2.05) is 46.8 Å². The number of nitrogens with zero attached hydrogens (tertiary/aromatic N) is 2. The fourth-order valence-corrected chi connectivity index (χ4v) is 5.21. The van der Waals surface area contributed by atoms with Crippen molar-refractivity contribution in [1.29, 1.82) is 0 Å². The minimum absolute atomic E-state index is 0.0921. The first-order valence-electron chi connectivity index (χ1n) is 14.6. The molecule has 1 atom stereocenters. The van der Waals surface area contributed by atoms with Crippen LogP contribution in [-0.2, 0) is 14.3 Å². The molecule has 2 amide bonds. The molecule has 1 fully saturated rings. The van der Waals surface area contributed by atoms with E-state index in [0.29, 0.717) is 53.1 Å². The molecule has 1 aliphatic rings. The maximum Gasteiger partial charge on any atom is 0.410 e. The second kappa shape index (κ2) is 14.3. The van der Waals surface area contributed by atoms with Gasteiger partial charge in [-0.25, -0.2) is 9.78 Å². The molecule has 0 bridgehead atoms. The number of rotatable bonds is 9.